The third-order valence-electron chi connectivity index (χ3n) is 3.17. The lowest BCUT2D eigenvalue weighted by Crippen LogP contribution is -2.31. The van der Waals surface area contributed by atoms with E-state index in [1.165, 1.54) is 0 Å². The maximum atomic E-state index is 12.1. The van der Waals surface area contributed by atoms with Gasteiger partial charge in [-0.25, -0.2) is 9.78 Å². The highest BCUT2D eigenvalue weighted by Gasteiger charge is 2.37. The molecular weight excluding hydrogens is 280 g/mol. The van der Waals surface area contributed by atoms with Crippen molar-refractivity contribution < 1.29 is 9.59 Å². The van der Waals surface area contributed by atoms with E-state index < -0.39 is 6.04 Å². The van der Waals surface area contributed by atoms with Gasteiger partial charge in [0.05, 0.1) is 17.3 Å². The van der Waals surface area contributed by atoms with Gasteiger partial charge in [0.25, 0.3) is 5.91 Å². The number of aromatic nitrogens is 1. The Bertz CT molecular complexity index is 535. The highest BCUT2D eigenvalue weighted by Crippen LogP contribution is 2.21. The van der Waals surface area contributed by atoms with Crippen molar-refractivity contribution in [2.45, 2.75) is 32.4 Å². The number of nitrogens with zero attached hydrogens (tertiary/aromatic N) is 2. The maximum Gasteiger partial charge on any atom is 0.325 e. The highest BCUT2D eigenvalue weighted by molar-refractivity contribution is 6.31. The number of nitrogens with one attached hydrogen (secondary N) is 2. The number of hydrogen-bond acceptors (Lipinski definition) is 4. The second-order valence-electron chi connectivity index (χ2n) is 4.59. The highest BCUT2D eigenvalue weighted by atomic mass is 35.5. The van der Waals surface area contributed by atoms with Crippen molar-refractivity contribution in [2.24, 2.45) is 0 Å². The van der Waals surface area contributed by atoms with Crippen LogP contribution in [-0.4, -0.2) is 34.9 Å². The van der Waals surface area contributed by atoms with Crippen LogP contribution in [-0.2, 0) is 11.3 Å². The molecule has 0 saturated carbocycles. The zero-order chi connectivity index (χ0) is 14.7. The van der Waals surface area contributed by atoms with Gasteiger partial charge < -0.3 is 10.6 Å². The monoisotopic (exact) mass is 296 g/mol. The fraction of sp³-hybridized carbons (Fsp3) is 0.462. The molecule has 7 heteroatoms. The lowest BCUT2D eigenvalue weighted by Gasteiger charge is -2.14. The number of imide groups is 1. The molecule has 20 heavy (non-hydrogen) atoms. The first-order chi connectivity index (χ1) is 9.56. The number of carbonyl (C=O) groups is 2. The average Bonchev–Trinajstić information content (AvgIpc) is 2.69. The summed E-state index contributed by atoms with van der Waals surface area (Å²) in [6.45, 7) is 2.05. The molecule has 0 bridgehead atoms. The largest absolute Gasteiger partial charge is 0.373 e. The maximum absolute atomic E-state index is 12.1. The van der Waals surface area contributed by atoms with Crippen molar-refractivity contribution in [1.29, 1.82) is 0 Å². The van der Waals surface area contributed by atoms with Gasteiger partial charge in [0.1, 0.15) is 11.9 Å². The first-order valence-corrected chi connectivity index (χ1v) is 6.89. The van der Waals surface area contributed by atoms with E-state index in [0.29, 0.717) is 23.0 Å². The van der Waals surface area contributed by atoms with Crippen LogP contribution in [0.3, 0.4) is 0 Å². The Morgan fingerprint density at radius 1 is 1.45 bits per heavy atom. The third kappa shape index (κ3) is 2.85. The number of halogens is 1. The van der Waals surface area contributed by atoms with Crippen LogP contribution >= 0.6 is 11.6 Å². The molecule has 0 aromatic carbocycles. The van der Waals surface area contributed by atoms with E-state index in [4.69, 9.17) is 11.6 Å². The van der Waals surface area contributed by atoms with Gasteiger partial charge in [-0.05, 0) is 18.6 Å². The quantitative estimate of drug-likeness (QED) is 0.815. The number of carbonyl (C=O) groups excluding carboxylic acids is 2. The van der Waals surface area contributed by atoms with Crippen LogP contribution in [0.2, 0.25) is 5.02 Å². The van der Waals surface area contributed by atoms with Gasteiger partial charge in [0.15, 0.2) is 0 Å². The van der Waals surface area contributed by atoms with Gasteiger partial charge in [0.2, 0.25) is 0 Å². The molecule has 2 N–H and O–H groups in total. The molecule has 6 nitrogen and oxygen atoms in total. The van der Waals surface area contributed by atoms with E-state index in [0.717, 1.165) is 11.3 Å². The van der Waals surface area contributed by atoms with E-state index in [9.17, 15) is 9.59 Å². The predicted molar refractivity (Wildman–Crippen MR) is 76.6 cm³/mol. The molecule has 1 unspecified atom stereocenters. The summed E-state index contributed by atoms with van der Waals surface area (Å²) in [5, 5.41) is 6.00. The van der Waals surface area contributed by atoms with Gasteiger partial charge in [-0.3, -0.25) is 9.69 Å². The minimum absolute atomic E-state index is 0.0826. The first-order valence-electron chi connectivity index (χ1n) is 6.51. The Morgan fingerprint density at radius 3 is 2.85 bits per heavy atom. The van der Waals surface area contributed by atoms with E-state index >= 15 is 0 Å². The van der Waals surface area contributed by atoms with Crippen molar-refractivity contribution >= 4 is 29.4 Å². The van der Waals surface area contributed by atoms with Crippen LogP contribution in [0.25, 0.3) is 0 Å². The summed E-state index contributed by atoms with van der Waals surface area (Å²) in [4.78, 5) is 29.4. The molecular formula is C13H17ClN4O2. The smallest absolute Gasteiger partial charge is 0.325 e. The number of amides is 3. The van der Waals surface area contributed by atoms with E-state index in [2.05, 4.69) is 15.6 Å². The SMILES string of the molecule is CCCC1NC(=O)N(Cc2nc(NC)ccc2Cl)C1=O. The van der Waals surface area contributed by atoms with Crippen molar-refractivity contribution in [3.05, 3.63) is 22.8 Å². The number of hydrogen-bond donors (Lipinski definition) is 2. The van der Waals surface area contributed by atoms with Crippen molar-refractivity contribution in [2.75, 3.05) is 12.4 Å². The molecule has 3 amide bonds. The van der Waals surface area contributed by atoms with Gasteiger partial charge in [-0.2, -0.15) is 0 Å². The van der Waals surface area contributed by atoms with Crippen molar-refractivity contribution in [3.63, 3.8) is 0 Å². The van der Waals surface area contributed by atoms with Crippen LogP contribution in [0.5, 0.6) is 0 Å². The van der Waals surface area contributed by atoms with Crippen molar-refractivity contribution in [3.8, 4) is 0 Å². The minimum Gasteiger partial charge on any atom is -0.373 e. The standard InChI is InChI=1S/C13H17ClN4O2/c1-3-4-9-12(19)18(13(20)17-9)7-10-8(14)5-6-11(15-2)16-10/h5-6,9H,3-4,7H2,1-2H3,(H,15,16)(H,17,20). The third-order valence-corrected chi connectivity index (χ3v) is 3.51. The lowest BCUT2D eigenvalue weighted by molar-refractivity contribution is -0.128. The molecule has 1 aromatic heterocycles. The summed E-state index contributed by atoms with van der Waals surface area (Å²) in [6, 6.07) is 2.61. The van der Waals surface area contributed by atoms with E-state index in [-0.39, 0.29) is 18.5 Å². The number of urea groups is 1. The summed E-state index contributed by atoms with van der Waals surface area (Å²) >= 11 is 6.06. The van der Waals surface area contributed by atoms with Gasteiger partial charge in [0, 0.05) is 7.05 Å². The van der Waals surface area contributed by atoms with Gasteiger partial charge in [-0.1, -0.05) is 24.9 Å². The zero-order valence-electron chi connectivity index (χ0n) is 11.4. The average molecular weight is 297 g/mol. The Kier molecular flexibility index (Phi) is 4.44. The molecule has 0 aliphatic carbocycles. The molecule has 1 aliphatic rings. The molecule has 1 aliphatic heterocycles. The molecule has 1 atom stereocenters. The van der Waals surface area contributed by atoms with Crippen molar-refractivity contribution in [1.82, 2.24) is 15.2 Å². The summed E-state index contributed by atoms with van der Waals surface area (Å²) in [5.74, 6) is 0.422. The van der Waals surface area contributed by atoms with E-state index in [1.807, 2.05) is 6.92 Å². The summed E-state index contributed by atoms with van der Waals surface area (Å²) < 4.78 is 0. The Hall–Kier alpha value is -1.82. The van der Waals surface area contributed by atoms with Gasteiger partial charge >= 0.3 is 6.03 Å². The van der Waals surface area contributed by atoms with Crippen LogP contribution in [0.4, 0.5) is 10.6 Å². The van der Waals surface area contributed by atoms with E-state index in [1.54, 1.807) is 19.2 Å². The number of anilines is 1. The molecule has 1 aromatic rings. The second kappa shape index (κ2) is 6.09. The Morgan fingerprint density at radius 2 is 2.20 bits per heavy atom. The molecule has 0 spiro atoms. The Labute approximate surface area is 122 Å². The lowest BCUT2D eigenvalue weighted by atomic mass is 10.1. The van der Waals surface area contributed by atoms with Crippen LogP contribution in [0, 0.1) is 0 Å². The predicted octanol–water partition coefficient (Wildman–Crippen LogP) is 2.00. The molecule has 1 fully saturated rings. The molecule has 2 rings (SSSR count). The Balaban J connectivity index is 2.17. The minimum atomic E-state index is -0.432. The normalized spacial score (nSPS) is 18.4. The summed E-state index contributed by atoms with van der Waals surface area (Å²) in [6.07, 6.45) is 1.47. The first kappa shape index (κ1) is 14.6. The van der Waals surface area contributed by atoms with Crippen LogP contribution in [0.1, 0.15) is 25.5 Å². The summed E-state index contributed by atoms with van der Waals surface area (Å²) in [7, 11) is 1.74. The van der Waals surface area contributed by atoms with Crippen LogP contribution < -0.4 is 10.6 Å². The fourth-order valence-corrected chi connectivity index (χ4v) is 2.26. The second-order valence-corrected chi connectivity index (χ2v) is 5.00. The molecule has 2 heterocycles. The molecule has 1 saturated heterocycles. The molecule has 0 radical (unpaired) electrons. The van der Waals surface area contributed by atoms with Crippen LogP contribution in [0.15, 0.2) is 12.1 Å². The fourth-order valence-electron chi connectivity index (χ4n) is 2.10. The molecule has 108 valence electrons. The number of pyridine rings is 1. The topological polar surface area (TPSA) is 74.3 Å². The zero-order valence-corrected chi connectivity index (χ0v) is 12.2. The van der Waals surface area contributed by atoms with Gasteiger partial charge in [-0.15, -0.1) is 0 Å². The number of rotatable bonds is 5. The summed E-state index contributed by atoms with van der Waals surface area (Å²) in [5.41, 5.74) is 0.499.